The molecule has 2 N–H and O–H groups in total. The molecule has 1 heterocycles. The lowest BCUT2D eigenvalue weighted by molar-refractivity contribution is -0.274. The molecule has 0 radical (unpaired) electrons. The van der Waals surface area contributed by atoms with Gasteiger partial charge in [-0.15, -0.1) is 13.2 Å². The lowest BCUT2D eigenvalue weighted by Gasteiger charge is -2.09. The minimum Gasteiger partial charge on any atom is -0.406 e. The zero-order valence-corrected chi connectivity index (χ0v) is 12.5. The Morgan fingerprint density at radius 2 is 1.83 bits per heavy atom. The molecule has 0 aliphatic rings. The van der Waals surface area contributed by atoms with Crippen LogP contribution in [0, 0.1) is 0 Å². The highest BCUT2D eigenvalue weighted by Gasteiger charge is 2.30. The molecule has 0 aliphatic heterocycles. The van der Waals surface area contributed by atoms with Gasteiger partial charge in [-0.1, -0.05) is 12.1 Å². The number of halogens is 3. The van der Waals surface area contributed by atoms with E-state index in [1.165, 1.54) is 36.5 Å². The average molecular weight is 340 g/mol. The number of aromatic nitrogens is 1. The first-order chi connectivity index (χ1) is 11.3. The van der Waals surface area contributed by atoms with Crippen LogP contribution < -0.4 is 15.6 Å². The van der Waals surface area contributed by atoms with Crippen molar-refractivity contribution in [2.75, 3.05) is 0 Å². The van der Waals surface area contributed by atoms with Gasteiger partial charge in [0, 0.05) is 25.2 Å². The number of alkyl halides is 3. The predicted octanol–water partition coefficient (Wildman–Crippen LogP) is 2.52. The third-order valence-corrected chi connectivity index (χ3v) is 3.13. The van der Waals surface area contributed by atoms with E-state index in [4.69, 9.17) is 0 Å². The summed E-state index contributed by atoms with van der Waals surface area (Å²) in [5, 5.41) is 2.67. The van der Waals surface area contributed by atoms with Crippen LogP contribution in [-0.2, 0) is 17.8 Å². The summed E-state index contributed by atoms with van der Waals surface area (Å²) in [7, 11) is 0. The molecule has 2 aromatic rings. The Morgan fingerprint density at radius 1 is 1.12 bits per heavy atom. The average Bonchev–Trinajstić information content (AvgIpc) is 2.51. The van der Waals surface area contributed by atoms with E-state index < -0.39 is 6.36 Å². The lowest BCUT2D eigenvalue weighted by atomic mass is 10.1. The van der Waals surface area contributed by atoms with Crippen LogP contribution in [0.15, 0.2) is 47.4 Å². The number of pyridine rings is 1. The van der Waals surface area contributed by atoms with Crippen molar-refractivity contribution in [3.8, 4) is 5.75 Å². The number of aromatic amines is 1. The molecule has 0 atom stereocenters. The zero-order valence-electron chi connectivity index (χ0n) is 12.5. The second-order valence-electron chi connectivity index (χ2n) is 5.03. The van der Waals surface area contributed by atoms with Crippen molar-refractivity contribution in [1.29, 1.82) is 0 Å². The molecule has 128 valence electrons. The van der Waals surface area contributed by atoms with Gasteiger partial charge in [-0.25, -0.2) is 0 Å². The van der Waals surface area contributed by atoms with Gasteiger partial charge in [-0.2, -0.15) is 0 Å². The maximum Gasteiger partial charge on any atom is 0.573 e. The van der Waals surface area contributed by atoms with Crippen LogP contribution in [0.25, 0.3) is 0 Å². The second-order valence-corrected chi connectivity index (χ2v) is 5.03. The van der Waals surface area contributed by atoms with E-state index in [-0.39, 0.29) is 30.2 Å². The molecule has 2 rings (SSSR count). The molecule has 24 heavy (non-hydrogen) atoms. The van der Waals surface area contributed by atoms with Crippen molar-refractivity contribution in [2.45, 2.75) is 25.7 Å². The smallest absolute Gasteiger partial charge is 0.406 e. The van der Waals surface area contributed by atoms with Gasteiger partial charge in [0.2, 0.25) is 11.5 Å². The van der Waals surface area contributed by atoms with Crippen molar-refractivity contribution in [1.82, 2.24) is 10.3 Å². The third kappa shape index (κ3) is 6.15. The van der Waals surface area contributed by atoms with E-state index in [0.29, 0.717) is 12.0 Å². The van der Waals surface area contributed by atoms with Crippen LogP contribution in [0.2, 0.25) is 0 Å². The van der Waals surface area contributed by atoms with Crippen molar-refractivity contribution in [3.05, 3.63) is 64.1 Å². The van der Waals surface area contributed by atoms with Gasteiger partial charge < -0.3 is 15.0 Å². The number of hydrogen-bond acceptors (Lipinski definition) is 3. The molecule has 0 aliphatic carbocycles. The molecule has 0 saturated heterocycles. The summed E-state index contributed by atoms with van der Waals surface area (Å²) in [5.74, 6) is -0.518. The number of hydrogen-bond donors (Lipinski definition) is 2. The Bertz CT molecular complexity index is 739. The van der Waals surface area contributed by atoms with E-state index in [1.54, 1.807) is 6.07 Å². The monoisotopic (exact) mass is 340 g/mol. The summed E-state index contributed by atoms with van der Waals surface area (Å²) >= 11 is 0. The largest absolute Gasteiger partial charge is 0.573 e. The quantitative estimate of drug-likeness (QED) is 0.849. The fourth-order valence-electron chi connectivity index (χ4n) is 2.00. The second kappa shape index (κ2) is 7.67. The van der Waals surface area contributed by atoms with E-state index in [0.717, 1.165) is 5.56 Å². The molecule has 0 unspecified atom stereocenters. The Labute approximate surface area is 135 Å². The molecule has 1 aromatic heterocycles. The maximum atomic E-state index is 12.0. The number of benzene rings is 1. The van der Waals surface area contributed by atoms with Crippen LogP contribution in [0.4, 0.5) is 13.2 Å². The van der Waals surface area contributed by atoms with Crippen molar-refractivity contribution < 1.29 is 22.7 Å². The maximum absolute atomic E-state index is 12.0. The van der Waals surface area contributed by atoms with Gasteiger partial charge in [-0.3, -0.25) is 9.59 Å². The zero-order chi connectivity index (χ0) is 17.6. The summed E-state index contributed by atoms with van der Waals surface area (Å²) in [4.78, 5) is 25.3. The van der Waals surface area contributed by atoms with Crippen LogP contribution in [0.1, 0.15) is 17.5 Å². The molecule has 1 amide bonds. The Kier molecular flexibility index (Phi) is 5.62. The van der Waals surface area contributed by atoms with Crippen LogP contribution in [-0.4, -0.2) is 17.3 Å². The molecule has 0 fully saturated rings. The summed E-state index contributed by atoms with van der Waals surface area (Å²) in [6.45, 7) is 0.237. The number of ether oxygens (including phenoxy) is 1. The molecule has 0 bridgehead atoms. The summed E-state index contributed by atoms with van der Waals surface area (Å²) < 4.78 is 39.9. The van der Waals surface area contributed by atoms with Crippen LogP contribution in [0.5, 0.6) is 5.75 Å². The summed E-state index contributed by atoms with van der Waals surface area (Å²) in [6.07, 6.45) is -2.66. The van der Waals surface area contributed by atoms with Crippen molar-refractivity contribution in [3.63, 3.8) is 0 Å². The van der Waals surface area contributed by atoms with Crippen molar-refractivity contribution in [2.24, 2.45) is 0 Å². The van der Waals surface area contributed by atoms with Gasteiger partial charge in [0.25, 0.3) is 0 Å². The van der Waals surface area contributed by atoms with E-state index in [2.05, 4.69) is 15.0 Å². The van der Waals surface area contributed by atoms with E-state index in [9.17, 15) is 22.8 Å². The number of aryl methyl sites for hydroxylation is 1. The molecule has 0 spiro atoms. The molecular weight excluding hydrogens is 325 g/mol. The topological polar surface area (TPSA) is 71.2 Å². The number of nitrogens with one attached hydrogen (secondary N) is 2. The van der Waals surface area contributed by atoms with Crippen molar-refractivity contribution >= 4 is 5.91 Å². The highest BCUT2D eigenvalue weighted by molar-refractivity contribution is 5.76. The highest BCUT2D eigenvalue weighted by atomic mass is 19.4. The summed E-state index contributed by atoms with van der Waals surface area (Å²) in [6, 6.07) is 8.44. The SMILES string of the molecule is O=C(CCc1ccc(OC(F)(F)F)cc1)NCc1cc[nH]c(=O)c1. The first kappa shape index (κ1) is 17.6. The van der Waals surface area contributed by atoms with Gasteiger partial charge >= 0.3 is 6.36 Å². The van der Waals surface area contributed by atoms with E-state index >= 15 is 0 Å². The normalized spacial score (nSPS) is 11.1. The van der Waals surface area contributed by atoms with E-state index in [1.807, 2.05) is 0 Å². The minimum atomic E-state index is -4.72. The molecular formula is C16H15F3N2O3. The first-order valence-corrected chi connectivity index (χ1v) is 7.11. The molecule has 1 aromatic carbocycles. The van der Waals surface area contributed by atoms with Gasteiger partial charge in [0.1, 0.15) is 5.75 Å². The molecule has 0 saturated carbocycles. The first-order valence-electron chi connectivity index (χ1n) is 7.11. The van der Waals surface area contributed by atoms with Gasteiger partial charge in [0.15, 0.2) is 0 Å². The fourth-order valence-corrected chi connectivity index (χ4v) is 2.00. The number of carbonyl (C=O) groups excluding carboxylic acids is 1. The Hall–Kier alpha value is -2.77. The number of amides is 1. The minimum absolute atomic E-state index is 0.183. The highest BCUT2D eigenvalue weighted by Crippen LogP contribution is 2.22. The standard InChI is InChI=1S/C16H15F3N2O3/c17-16(18,19)24-13-4-1-11(2-5-13)3-6-14(22)21-10-12-7-8-20-15(23)9-12/h1-2,4-5,7-9H,3,6,10H2,(H,20,23)(H,21,22). The van der Waals surface area contributed by atoms with Crippen LogP contribution >= 0.6 is 0 Å². The Balaban J connectivity index is 1.78. The fraction of sp³-hybridized carbons (Fsp3) is 0.250. The molecule has 5 nitrogen and oxygen atoms in total. The Morgan fingerprint density at radius 3 is 2.46 bits per heavy atom. The number of carbonyl (C=O) groups is 1. The number of rotatable bonds is 6. The predicted molar refractivity (Wildman–Crippen MR) is 80.4 cm³/mol. The van der Waals surface area contributed by atoms with Crippen LogP contribution in [0.3, 0.4) is 0 Å². The third-order valence-electron chi connectivity index (χ3n) is 3.13. The van der Waals surface area contributed by atoms with Gasteiger partial charge in [0.05, 0.1) is 0 Å². The van der Waals surface area contributed by atoms with Gasteiger partial charge in [-0.05, 0) is 35.7 Å². The molecule has 8 heteroatoms. The summed E-state index contributed by atoms with van der Waals surface area (Å²) in [5.41, 5.74) is 1.15. The number of H-pyrrole nitrogens is 1. The lowest BCUT2D eigenvalue weighted by Crippen LogP contribution is -2.23.